The highest BCUT2D eigenvalue weighted by Crippen LogP contribution is 2.43. The summed E-state index contributed by atoms with van der Waals surface area (Å²) in [5.74, 6) is 3.03. The van der Waals surface area contributed by atoms with E-state index in [2.05, 4.69) is 39.3 Å². The lowest BCUT2D eigenvalue weighted by Crippen LogP contribution is -2.40. The van der Waals surface area contributed by atoms with Crippen LogP contribution in [0.5, 0.6) is 0 Å². The molecule has 3 aromatic heterocycles. The molecule has 0 unspecified atom stereocenters. The van der Waals surface area contributed by atoms with Gasteiger partial charge in [0.2, 0.25) is 11.9 Å². The Kier molecular flexibility index (Phi) is 5.88. The van der Waals surface area contributed by atoms with E-state index in [0.29, 0.717) is 30.5 Å². The maximum Gasteiger partial charge on any atom is 0.229 e. The Morgan fingerprint density at radius 1 is 1.02 bits per heavy atom. The molecule has 8 rings (SSSR count). The fraction of sp³-hybridized carbons (Fsp3) is 0.567. The largest absolute Gasteiger partial charge is 0.380 e. The average molecular weight is 541 g/mol. The quantitative estimate of drug-likeness (QED) is 0.523. The number of pyridine rings is 2. The normalized spacial score (nSPS) is 26.4. The number of likely N-dealkylation sites (tertiary alicyclic amines) is 1. The molecule has 0 aromatic carbocycles. The van der Waals surface area contributed by atoms with Gasteiger partial charge in [0, 0.05) is 61.3 Å². The van der Waals surface area contributed by atoms with Crippen LogP contribution in [0.3, 0.4) is 0 Å². The van der Waals surface area contributed by atoms with Gasteiger partial charge in [-0.1, -0.05) is 6.07 Å². The maximum atomic E-state index is 13.1. The van der Waals surface area contributed by atoms with Crippen molar-refractivity contribution in [1.82, 2.24) is 29.7 Å². The van der Waals surface area contributed by atoms with E-state index in [4.69, 9.17) is 19.7 Å². The number of ether oxygens (including phenoxy) is 1. The zero-order chi connectivity index (χ0) is 26.8. The van der Waals surface area contributed by atoms with Gasteiger partial charge < -0.3 is 24.8 Å². The fourth-order valence-electron chi connectivity index (χ4n) is 7.34. The van der Waals surface area contributed by atoms with Gasteiger partial charge in [0.15, 0.2) is 5.82 Å². The number of nitrogens with zero attached hydrogens (tertiary/aromatic N) is 7. The summed E-state index contributed by atoms with van der Waals surface area (Å²) in [5.41, 5.74) is 4.17. The van der Waals surface area contributed by atoms with E-state index in [1.54, 1.807) is 0 Å². The second kappa shape index (κ2) is 9.62. The van der Waals surface area contributed by atoms with Crippen molar-refractivity contribution in [1.29, 1.82) is 0 Å². The molecule has 10 nitrogen and oxygen atoms in total. The molecule has 5 aliphatic rings. The molecule has 0 radical (unpaired) electrons. The summed E-state index contributed by atoms with van der Waals surface area (Å²) in [4.78, 5) is 39.6. The third-order valence-electron chi connectivity index (χ3n) is 9.66. The molecule has 2 bridgehead atoms. The van der Waals surface area contributed by atoms with Crippen LogP contribution in [0.4, 0.5) is 17.6 Å². The highest BCUT2D eigenvalue weighted by molar-refractivity contribution is 5.90. The van der Waals surface area contributed by atoms with Crippen LogP contribution in [0.15, 0.2) is 24.4 Å². The first-order valence-electron chi connectivity index (χ1n) is 14.9. The van der Waals surface area contributed by atoms with Crippen molar-refractivity contribution < 1.29 is 9.53 Å². The van der Waals surface area contributed by atoms with Crippen LogP contribution < -0.4 is 10.2 Å². The number of fused-ring (bicyclic) bond motifs is 4. The Bertz CT molecular complexity index is 1460. The lowest BCUT2D eigenvalue weighted by atomic mass is 10.0. The monoisotopic (exact) mass is 540 g/mol. The first-order chi connectivity index (χ1) is 19.6. The van der Waals surface area contributed by atoms with Crippen LogP contribution in [0.25, 0.3) is 10.9 Å². The molecule has 5 aliphatic heterocycles. The van der Waals surface area contributed by atoms with E-state index < -0.39 is 0 Å². The molecular formula is C30H36N8O2. The molecule has 1 amide bonds. The number of amides is 1. The maximum absolute atomic E-state index is 13.1. The lowest BCUT2D eigenvalue weighted by Gasteiger charge is -2.30. The van der Waals surface area contributed by atoms with Gasteiger partial charge in [-0.05, 0) is 63.4 Å². The molecule has 10 heteroatoms. The smallest absolute Gasteiger partial charge is 0.229 e. The van der Waals surface area contributed by atoms with Crippen molar-refractivity contribution in [3.05, 3.63) is 41.3 Å². The number of nitrogens with one attached hydrogen (secondary N) is 1. The van der Waals surface area contributed by atoms with E-state index in [-0.39, 0.29) is 11.8 Å². The van der Waals surface area contributed by atoms with Crippen LogP contribution >= 0.6 is 0 Å². The topological polar surface area (TPSA) is 99.6 Å². The summed E-state index contributed by atoms with van der Waals surface area (Å²) < 4.78 is 5.47. The highest BCUT2D eigenvalue weighted by Gasteiger charge is 2.41. The van der Waals surface area contributed by atoms with Crippen molar-refractivity contribution in [2.45, 2.75) is 63.1 Å². The van der Waals surface area contributed by atoms with Crippen molar-refractivity contribution in [2.75, 3.05) is 50.1 Å². The first kappa shape index (κ1) is 24.4. The molecule has 4 saturated heterocycles. The zero-order valence-electron chi connectivity index (χ0n) is 23.1. The molecule has 0 spiro atoms. The predicted octanol–water partition coefficient (Wildman–Crippen LogP) is 3.24. The Morgan fingerprint density at radius 3 is 2.58 bits per heavy atom. The van der Waals surface area contributed by atoms with Crippen LogP contribution in [0.1, 0.15) is 55.0 Å². The lowest BCUT2D eigenvalue weighted by molar-refractivity contribution is -0.136. The molecule has 1 N–H and O–H groups in total. The summed E-state index contributed by atoms with van der Waals surface area (Å²) in [6, 6.07) is 7.32. The third-order valence-corrected chi connectivity index (χ3v) is 9.66. The van der Waals surface area contributed by atoms with Crippen LogP contribution in [-0.2, 0) is 22.5 Å². The van der Waals surface area contributed by atoms with Crippen LogP contribution in [-0.4, -0.2) is 87.6 Å². The molecule has 40 heavy (non-hydrogen) atoms. The van der Waals surface area contributed by atoms with Gasteiger partial charge >= 0.3 is 0 Å². The Balaban J connectivity index is 1.05. The second-order valence-electron chi connectivity index (χ2n) is 12.3. The SMILES string of the molecule is CN1CC[C@@H](C(=O)N2CCc3nc(Nc4ncc5cc(C6COC6)nc(N6C7CCC6CC7)c5n4)ccc3C2)C1. The summed E-state index contributed by atoms with van der Waals surface area (Å²) in [6.45, 7) is 4.69. The van der Waals surface area contributed by atoms with E-state index in [0.717, 1.165) is 85.2 Å². The van der Waals surface area contributed by atoms with Gasteiger partial charge in [0.1, 0.15) is 11.3 Å². The molecule has 0 aliphatic carbocycles. The van der Waals surface area contributed by atoms with Crippen molar-refractivity contribution >= 4 is 34.4 Å². The summed E-state index contributed by atoms with van der Waals surface area (Å²) >= 11 is 0. The van der Waals surface area contributed by atoms with Gasteiger partial charge in [-0.15, -0.1) is 0 Å². The minimum atomic E-state index is 0.124. The van der Waals surface area contributed by atoms with Crippen molar-refractivity contribution in [2.24, 2.45) is 5.92 Å². The average Bonchev–Trinajstić information content (AvgIpc) is 3.67. The predicted molar refractivity (Wildman–Crippen MR) is 152 cm³/mol. The number of rotatable bonds is 5. The van der Waals surface area contributed by atoms with Crippen LogP contribution in [0.2, 0.25) is 0 Å². The highest BCUT2D eigenvalue weighted by atomic mass is 16.5. The van der Waals surface area contributed by atoms with Crippen molar-refractivity contribution in [3.8, 4) is 0 Å². The first-order valence-corrected chi connectivity index (χ1v) is 14.9. The standard InChI is InChI=1S/C30H36N8O2/c1-36-10-8-19(14-36)29(39)37-11-9-24-18(15-37)2-7-26(32-24)34-30-31-13-20-12-25(21-16-40-17-21)33-28(27(20)35-30)38-22-3-4-23(38)6-5-22/h2,7,12-13,19,21-23H,3-6,8-11,14-17H2,1H3,(H,31,32,34,35)/t19-,22?,23?/m1/s1. The minimum Gasteiger partial charge on any atom is -0.380 e. The Morgan fingerprint density at radius 2 is 1.85 bits per heavy atom. The van der Waals surface area contributed by atoms with Gasteiger partial charge in [0.25, 0.3) is 0 Å². The molecule has 208 valence electrons. The fourth-order valence-corrected chi connectivity index (χ4v) is 7.34. The molecule has 4 fully saturated rings. The number of anilines is 3. The van der Waals surface area contributed by atoms with E-state index in [9.17, 15) is 4.79 Å². The van der Waals surface area contributed by atoms with Gasteiger partial charge in [-0.3, -0.25) is 4.79 Å². The van der Waals surface area contributed by atoms with Crippen molar-refractivity contribution in [3.63, 3.8) is 0 Å². The molecule has 3 aromatic rings. The minimum absolute atomic E-state index is 0.124. The van der Waals surface area contributed by atoms with Crippen LogP contribution in [0, 0.1) is 5.92 Å². The number of carbonyl (C=O) groups excluding carboxylic acids is 1. The Labute approximate surface area is 234 Å². The number of aromatic nitrogens is 4. The summed E-state index contributed by atoms with van der Waals surface area (Å²) in [7, 11) is 2.09. The molecular weight excluding hydrogens is 504 g/mol. The molecule has 0 saturated carbocycles. The second-order valence-corrected chi connectivity index (χ2v) is 12.3. The molecule has 8 heterocycles. The summed E-state index contributed by atoms with van der Waals surface area (Å²) in [6.07, 6.45) is 8.58. The van der Waals surface area contributed by atoms with E-state index >= 15 is 0 Å². The number of hydrogen-bond donors (Lipinski definition) is 1. The Hall–Kier alpha value is -3.37. The van der Waals surface area contributed by atoms with Gasteiger partial charge in [-0.25, -0.2) is 19.9 Å². The summed E-state index contributed by atoms with van der Waals surface area (Å²) in [5, 5.41) is 4.39. The third kappa shape index (κ3) is 4.19. The molecule has 1 atom stereocenters. The van der Waals surface area contributed by atoms with Gasteiger partial charge in [0.05, 0.1) is 24.8 Å². The zero-order valence-corrected chi connectivity index (χ0v) is 23.1. The number of carbonyl (C=O) groups is 1. The number of hydrogen-bond acceptors (Lipinski definition) is 9. The van der Waals surface area contributed by atoms with Gasteiger partial charge in [-0.2, -0.15) is 0 Å². The van der Waals surface area contributed by atoms with E-state index in [1.807, 2.05) is 17.2 Å². The van der Waals surface area contributed by atoms with E-state index in [1.165, 1.54) is 25.7 Å².